The lowest BCUT2D eigenvalue weighted by molar-refractivity contribution is 0.0696. The number of rotatable bonds is 6. The van der Waals surface area contributed by atoms with Gasteiger partial charge < -0.3 is 15.2 Å². The van der Waals surface area contributed by atoms with Crippen LogP contribution in [0.5, 0.6) is 5.75 Å². The van der Waals surface area contributed by atoms with Gasteiger partial charge in [-0.25, -0.2) is 4.79 Å². The summed E-state index contributed by atoms with van der Waals surface area (Å²) in [6.45, 7) is -0.0151. The van der Waals surface area contributed by atoms with Crippen molar-refractivity contribution in [3.05, 3.63) is 59.7 Å². The smallest absolute Gasteiger partial charge is 0.335 e. The fraction of sp³-hybridized carbons (Fsp3) is 0.118. The molecule has 0 fully saturated rings. The van der Waals surface area contributed by atoms with Crippen LogP contribution in [0.25, 0.3) is 0 Å². The van der Waals surface area contributed by atoms with Crippen LogP contribution in [0.1, 0.15) is 20.7 Å². The van der Waals surface area contributed by atoms with Gasteiger partial charge in [-0.1, -0.05) is 0 Å². The lowest BCUT2D eigenvalue weighted by atomic mass is 10.2. The van der Waals surface area contributed by atoms with Crippen LogP contribution in [0.3, 0.4) is 0 Å². The number of carboxylic acid groups (broad SMARTS) is 1. The Morgan fingerprint density at radius 1 is 1.08 bits per heavy atom. The van der Waals surface area contributed by atoms with Crippen LogP contribution in [0, 0.1) is 5.41 Å². The van der Waals surface area contributed by atoms with Gasteiger partial charge in [-0.05, 0) is 48.5 Å². The normalized spacial score (nSPS) is 10.4. The van der Waals surface area contributed by atoms with Gasteiger partial charge in [0.05, 0.1) is 5.56 Å². The summed E-state index contributed by atoms with van der Waals surface area (Å²) < 4.78 is 5.34. The molecule has 0 unspecified atom stereocenters. The second kappa shape index (κ2) is 8.34. The predicted octanol–water partition coefficient (Wildman–Crippen LogP) is 3.08. The number of azo groups is 1. The minimum Gasteiger partial charge on any atom is -0.486 e. The Balaban J connectivity index is 1.95. The number of amidine groups is 1. The molecule has 0 saturated carbocycles. The highest BCUT2D eigenvalue weighted by molar-refractivity contribution is 6.04. The number of carboxylic acids is 1. The van der Waals surface area contributed by atoms with Gasteiger partial charge in [-0.2, -0.15) is 5.11 Å². The van der Waals surface area contributed by atoms with Crippen molar-refractivity contribution in [3.63, 3.8) is 0 Å². The Hall–Kier alpha value is -3.55. The first-order valence-electron chi connectivity index (χ1n) is 7.24. The van der Waals surface area contributed by atoms with Crippen molar-refractivity contribution in [2.45, 2.75) is 0 Å². The van der Waals surface area contributed by atoms with Crippen molar-refractivity contribution in [2.75, 3.05) is 19.0 Å². The van der Waals surface area contributed by atoms with E-state index in [9.17, 15) is 9.59 Å². The number of benzene rings is 2. The second-order valence-electron chi connectivity index (χ2n) is 4.90. The van der Waals surface area contributed by atoms with Crippen molar-refractivity contribution in [3.8, 4) is 5.75 Å². The van der Waals surface area contributed by atoms with Crippen LogP contribution in [0.2, 0.25) is 0 Å². The molecule has 0 spiro atoms. The topological polar surface area (TPSA) is 124 Å². The number of carbonyl (C=O) groups is 2. The minimum atomic E-state index is -1.03. The molecule has 0 aliphatic heterocycles. The zero-order chi connectivity index (χ0) is 18.2. The fourth-order valence-electron chi connectivity index (χ4n) is 1.90. The molecular weight excluding hydrogens is 324 g/mol. The molecule has 0 bridgehead atoms. The highest BCUT2D eigenvalue weighted by Gasteiger charge is 2.08. The Labute approximate surface area is 143 Å². The van der Waals surface area contributed by atoms with Crippen molar-refractivity contribution in [1.82, 2.24) is 0 Å². The van der Waals surface area contributed by atoms with Crippen molar-refractivity contribution >= 4 is 23.4 Å². The first-order valence-corrected chi connectivity index (χ1v) is 7.24. The van der Waals surface area contributed by atoms with E-state index < -0.39 is 5.97 Å². The number of anilines is 1. The van der Waals surface area contributed by atoms with E-state index in [4.69, 9.17) is 15.3 Å². The molecule has 25 heavy (non-hydrogen) atoms. The summed E-state index contributed by atoms with van der Waals surface area (Å²) in [4.78, 5) is 23.0. The first kappa shape index (κ1) is 17.8. The van der Waals surface area contributed by atoms with Gasteiger partial charge in [0, 0.05) is 18.3 Å². The number of carbonyl (C=O) groups excluding carboxylic acids is 1. The van der Waals surface area contributed by atoms with E-state index in [1.54, 1.807) is 24.3 Å². The molecule has 0 heterocycles. The molecule has 8 heteroatoms. The van der Waals surface area contributed by atoms with Gasteiger partial charge >= 0.3 is 5.97 Å². The summed E-state index contributed by atoms with van der Waals surface area (Å²) in [5, 5.41) is 26.0. The average Bonchev–Trinajstić information content (AvgIpc) is 2.61. The Morgan fingerprint density at radius 2 is 1.68 bits per heavy atom. The number of hydrogen-bond acceptors (Lipinski definition) is 5. The fourth-order valence-corrected chi connectivity index (χ4v) is 1.90. The quantitative estimate of drug-likeness (QED) is 0.424. The van der Waals surface area contributed by atoms with E-state index in [0.717, 1.165) is 0 Å². The Bertz CT molecular complexity index is 798. The van der Waals surface area contributed by atoms with Crippen LogP contribution in [0.15, 0.2) is 58.8 Å². The number of aromatic carboxylic acids is 1. The first-order chi connectivity index (χ1) is 12.0. The maximum Gasteiger partial charge on any atom is 0.335 e. The highest BCUT2D eigenvalue weighted by atomic mass is 16.5. The van der Waals surface area contributed by atoms with E-state index >= 15 is 0 Å². The van der Waals surface area contributed by atoms with Crippen molar-refractivity contribution in [1.29, 1.82) is 5.41 Å². The Kier molecular flexibility index (Phi) is 5.94. The summed E-state index contributed by atoms with van der Waals surface area (Å²) in [5.74, 6) is -0.864. The van der Waals surface area contributed by atoms with E-state index in [2.05, 4.69) is 15.5 Å². The average molecular weight is 340 g/mol. The van der Waals surface area contributed by atoms with Crippen molar-refractivity contribution in [2.24, 2.45) is 10.2 Å². The zero-order valence-electron chi connectivity index (χ0n) is 13.4. The third kappa shape index (κ3) is 5.24. The van der Waals surface area contributed by atoms with E-state index in [-0.39, 0.29) is 23.9 Å². The molecule has 0 aromatic heterocycles. The maximum atomic E-state index is 12.2. The largest absolute Gasteiger partial charge is 0.486 e. The molecule has 0 radical (unpaired) electrons. The van der Waals surface area contributed by atoms with Crippen LogP contribution in [-0.2, 0) is 0 Å². The molecule has 0 aliphatic carbocycles. The molecule has 1 amide bonds. The predicted molar refractivity (Wildman–Crippen MR) is 91.8 cm³/mol. The van der Waals surface area contributed by atoms with Gasteiger partial charge in [0.15, 0.2) is 5.84 Å². The van der Waals surface area contributed by atoms with Gasteiger partial charge in [0.1, 0.15) is 12.4 Å². The molecule has 2 rings (SSSR count). The molecule has 3 N–H and O–H groups in total. The van der Waals surface area contributed by atoms with Gasteiger partial charge in [0.2, 0.25) is 0 Å². The van der Waals surface area contributed by atoms with Crippen LogP contribution < -0.4 is 10.1 Å². The van der Waals surface area contributed by atoms with Crippen LogP contribution in [-0.4, -0.2) is 36.5 Å². The molecule has 0 aliphatic rings. The van der Waals surface area contributed by atoms with E-state index in [0.29, 0.717) is 17.0 Å². The third-order valence-electron chi connectivity index (χ3n) is 3.10. The lowest BCUT2D eigenvalue weighted by Crippen LogP contribution is -2.12. The van der Waals surface area contributed by atoms with Gasteiger partial charge in [0.25, 0.3) is 5.91 Å². The van der Waals surface area contributed by atoms with E-state index in [1.165, 1.54) is 31.3 Å². The molecular formula is C17H16N4O4. The number of hydrogen-bond donors (Lipinski definition) is 3. The van der Waals surface area contributed by atoms with Gasteiger partial charge in [-0.3, -0.25) is 10.2 Å². The molecule has 0 atom stereocenters. The molecule has 2 aromatic rings. The molecule has 0 saturated heterocycles. The van der Waals surface area contributed by atoms with Crippen molar-refractivity contribution < 1.29 is 19.4 Å². The maximum absolute atomic E-state index is 12.2. The number of nitrogens with zero attached hydrogens (tertiary/aromatic N) is 2. The van der Waals surface area contributed by atoms with Gasteiger partial charge in [-0.15, -0.1) is 5.11 Å². The summed E-state index contributed by atoms with van der Waals surface area (Å²) in [6, 6.07) is 12.3. The summed E-state index contributed by atoms with van der Waals surface area (Å²) in [7, 11) is 1.47. The number of amides is 1. The number of ether oxygens (including phenoxy) is 1. The zero-order valence-corrected chi connectivity index (χ0v) is 13.4. The summed E-state index contributed by atoms with van der Waals surface area (Å²) in [6.07, 6.45) is 0. The summed E-state index contributed by atoms with van der Waals surface area (Å²) in [5.41, 5.74) is 1.05. The third-order valence-corrected chi connectivity index (χ3v) is 3.10. The monoisotopic (exact) mass is 340 g/mol. The molecule has 128 valence electrons. The minimum absolute atomic E-state index is 0.00544. The highest BCUT2D eigenvalue weighted by Crippen LogP contribution is 2.15. The lowest BCUT2D eigenvalue weighted by Gasteiger charge is -2.07. The van der Waals surface area contributed by atoms with Crippen LogP contribution >= 0.6 is 0 Å². The van der Waals surface area contributed by atoms with E-state index in [1.807, 2.05) is 0 Å². The standard InChI is InChI=1S/C17H16N4O4/c1-19-21-15(18)10-25-14-8-4-11(5-9-14)16(22)20-13-6-2-12(3-7-13)17(23)24/h2-9,18H,10H2,1H3,(H,20,22)(H,23,24). The molecule has 8 nitrogen and oxygen atoms in total. The summed E-state index contributed by atoms with van der Waals surface area (Å²) >= 11 is 0. The van der Waals surface area contributed by atoms with Crippen LogP contribution in [0.4, 0.5) is 5.69 Å². The molecule has 2 aromatic carbocycles. The number of nitrogens with one attached hydrogen (secondary N) is 2. The Morgan fingerprint density at radius 3 is 2.24 bits per heavy atom. The second-order valence-corrected chi connectivity index (χ2v) is 4.90. The SMILES string of the molecule is CN=NC(=N)COc1ccc(C(=O)Nc2ccc(C(=O)O)cc2)cc1.